The van der Waals surface area contributed by atoms with E-state index in [-0.39, 0.29) is 0 Å². The molecule has 0 saturated carbocycles. The van der Waals surface area contributed by atoms with E-state index in [2.05, 4.69) is 6.07 Å². The van der Waals surface area contributed by atoms with Crippen molar-refractivity contribution in [2.45, 2.75) is 44.9 Å². The Morgan fingerprint density at radius 3 is 2.38 bits per heavy atom. The van der Waals surface area contributed by atoms with E-state index < -0.39 is 0 Å². The van der Waals surface area contributed by atoms with Crippen molar-refractivity contribution in [1.82, 2.24) is 4.98 Å². The summed E-state index contributed by atoms with van der Waals surface area (Å²) in [5.74, 6) is 0. The Balaban J connectivity index is 1.39. The van der Waals surface area contributed by atoms with E-state index in [1.807, 2.05) is 48.5 Å². The Hall–Kier alpha value is -2.19. The number of para-hydroxylation sites is 1. The Kier molecular flexibility index (Phi) is 6.79. The first-order valence-corrected chi connectivity index (χ1v) is 9.73. The number of aryl methyl sites for hydroxylation is 2. The maximum atomic E-state index is 11.0. The van der Waals surface area contributed by atoms with E-state index >= 15 is 0 Å². The van der Waals surface area contributed by atoms with Crippen molar-refractivity contribution >= 4 is 28.8 Å². The van der Waals surface area contributed by atoms with Crippen molar-refractivity contribution in [3.63, 3.8) is 0 Å². The van der Waals surface area contributed by atoms with Gasteiger partial charge in [0, 0.05) is 10.9 Å². The molecule has 3 rings (SSSR count). The van der Waals surface area contributed by atoms with Gasteiger partial charge in [-0.05, 0) is 43.4 Å². The average Bonchev–Trinajstić information content (AvgIpc) is 2.67. The maximum Gasteiger partial charge on any atom is 0.150 e. The zero-order valence-electron chi connectivity index (χ0n) is 15.0. The molecule has 3 heteroatoms. The third kappa shape index (κ3) is 4.92. The fraction of sp³-hybridized carbons (Fsp3) is 0.304. The quantitative estimate of drug-likeness (QED) is 0.322. The number of carbonyl (C=O) groups excluding carboxylic acids is 1. The molecule has 0 amide bonds. The second kappa shape index (κ2) is 9.49. The Morgan fingerprint density at radius 2 is 1.54 bits per heavy atom. The number of carbonyl (C=O) groups is 1. The Labute approximate surface area is 160 Å². The summed E-state index contributed by atoms with van der Waals surface area (Å²) in [5.41, 5.74) is 4.00. The molecule has 26 heavy (non-hydrogen) atoms. The third-order valence-corrected chi connectivity index (χ3v) is 5.12. The second-order valence-corrected chi connectivity index (χ2v) is 7.10. The standard InChI is InChI=1S/C23H24ClNO/c24-21-16-19-12-8-9-14-22(19)25-23(21)15-5-3-1-2-4-10-18-11-6-7-13-20(18)17-26/h6-9,11-14,16-17H,1-5,10,15H2. The van der Waals surface area contributed by atoms with Crippen LogP contribution in [0.1, 0.15) is 53.7 Å². The van der Waals surface area contributed by atoms with Gasteiger partial charge in [-0.1, -0.05) is 73.3 Å². The van der Waals surface area contributed by atoms with Crippen molar-refractivity contribution in [2.24, 2.45) is 0 Å². The molecule has 0 aliphatic rings. The second-order valence-electron chi connectivity index (χ2n) is 6.69. The van der Waals surface area contributed by atoms with Gasteiger partial charge in [0.1, 0.15) is 6.29 Å². The number of nitrogens with zero attached hydrogens (tertiary/aromatic N) is 1. The summed E-state index contributed by atoms with van der Waals surface area (Å²) in [6, 6.07) is 18.0. The minimum absolute atomic E-state index is 0.772. The third-order valence-electron chi connectivity index (χ3n) is 4.79. The highest BCUT2D eigenvalue weighted by molar-refractivity contribution is 6.31. The van der Waals surface area contributed by atoms with Crippen LogP contribution in [0.15, 0.2) is 54.6 Å². The lowest BCUT2D eigenvalue weighted by Gasteiger charge is -2.07. The lowest BCUT2D eigenvalue weighted by molar-refractivity contribution is 0.112. The topological polar surface area (TPSA) is 30.0 Å². The van der Waals surface area contributed by atoms with Gasteiger partial charge in [-0.15, -0.1) is 0 Å². The smallest absolute Gasteiger partial charge is 0.150 e. The van der Waals surface area contributed by atoms with E-state index in [0.29, 0.717) is 0 Å². The summed E-state index contributed by atoms with van der Waals surface area (Å²) in [5, 5.41) is 1.87. The molecule has 134 valence electrons. The van der Waals surface area contributed by atoms with E-state index in [4.69, 9.17) is 16.6 Å². The van der Waals surface area contributed by atoms with Gasteiger partial charge in [0.2, 0.25) is 0 Å². The van der Waals surface area contributed by atoms with Crippen LogP contribution in [-0.4, -0.2) is 11.3 Å². The normalized spacial score (nSPS) is 11.0. The minimum Gasteiger partial charge on any atom is -0.298 e. The predicted molar refractivity (Wildman–Crippen MR) is 109 cm³/mol. The van der Waals surface area contributed by atoms with Gasteiger partial charge >= 0.3 is 0 Å². The first-order chi connectivity index (χ1) is 12.8. The zero-order chi connectivity index (χ0) is 18.2. The summed E-state index contributed by atoms with van der Waals surface area (Å²) in [7, 11) is 0. The highest BCUT2D eigenvalue weighted by Gasteiger charge is 2.05. The summed E-state index contributed by atoms with van der Waals surface area (Å²) in [4.78, 5) is 15.7. The molecule has 0 saturated heterocycles. The highest BCUT2D eigenvalue weighted by atomic mass is 35.5. The summed E-state index contributed by atoms with van der Waals surface area (Å²) in [6.45, 7) is 0. The van der Waals surface area contributed by atoms with E-state index in [1.54, 1.807) is 0 Å². The van der Waals surface area contributed by atoms with E-state index in [0.717, 1.165) is 64.7 Å². The fourth-order valence-electron chi connectivity index (χ4n) is 3.32. The number of rotatable bonds is 9. The average molecular weight is 366 g/mol. The predicted octanol–water partition coefficient (Wildman–Crippen LogP) is 6.44. The van der Waals surface area contributed by atoms with Gasteiger partial charge in [0.25, 0.3) is 0 Å². The molecule has 0 unspecified atom stereocenters. The number of benzene rings is 2. The molecule has 2 nitrogen and oxygen atoms in total. The number of aromatic nitrogens is 1. The van der Waals surface area contributed by atoms with E-state index in [1.165, 1.54) is 19.3 Å². The number of hydrogen-bond donors (Lipinski definition) is 0. The molecule has 0 N–H and O–H groups in total. The Morgan fingerprint density at radius 1 is 0.846 bits per heavy atom. The molecule has 0 aliphatic carbocycles. The number of unbranched alkanes of at least 4 members (excludes halogenated alkanes) is 4. The number of halogens is 1. The molecule has 2 aromatic carbocycles. The number of fused-ring (bicyclic) bond motifs is 1. The van der Waals surface area contributed by atoms with Crippen LogP contribution in [0.5, 0.6) is 0 Å². The van der Waals surface area contributed by atoms with Gasteiger partial charge < -0.3 is 0 Å². The number of hydrogen-bond acceptors (Lipinski definition) is 2. The molecular weight excluding hydrogens is 342 g/mol. The van der Waals surface area contributed by atoms with Crippen LogP contribution in [-0.2, 0) is 12.8 Å². The maximum absolute atomic E-state index is 11.0. The first-order valence-electron chi connectivity index (χ1n) is 9.35. The summed E-state index contributed by atoms with van der Waals surface area (Å²) in [6.07, 6.45) is 8.66. The van der Waals surface area contributed by atoms with Crippen LogP contribution in [0, 0.1) is 0 Å². The fourth-order valence-corrected chi connectivity index (χ4v) is 3.57. The summed E-state index contributed by atoms with van der Waals surface area (Å²) < 4.78 is 0. The summed E-state index contributed by atoms with van der Waals surface area (Å²) >= 11 is 6.37. The van der Waals surface area contributed by atoms with Crippen LogP contribution in [0.25, 0.3) is 10.9 Å². The molecule has 0 aliphatic heterocycles. The lowest BCUT2D eigenvalue weighted by Crippen LogP contribution is -1.94. The lowest BCUT2D eigenvalue weighted by atomic mass is 10.0. The van der Waals surface area contributed by atoms with E-state index in [9.17, 15) is 4.79 Å². The largest absolute Gasteiger partial charge is 0.298 e. The SMILES string of the molecule is O=Cc1ccccc1CCCCCCCc1nc2ccccc2cc1Cl. The first kappa shape index (κ1) is 18.6. The van der Waals surface area contributed by atoms with Crippen LogP contribution in [0.3, 0.4) is 0 Å². The van der Waals surface area contributed by atoms with Crippen molar-refractivity contribution < 1.29 is 4.79 Å². The van der Waals surface area contributed by atoms with Crippen molar-refractivity contribution in [1.29, 1.82) is 0 Å². The van der Waals surface area contributed by atoms with Crippen LogP contribution >= 0.6 is 11.6 Å². The molecule has 0 atom stereocenters. The van der Waals surface area contributed by atoms with Gasteiger partial charge in [-0.2, -0.15) is 0 Å². The van der Waals surface area contributed by atoms with Crippen LogP contribution in [0.2, 0.25) is 5.02 Å². The number of pyridine rings is 1. The highest BCUT2D eigenvalue weighted by Crippen LogP contribution is 2.22. The molecule has 0 fully saturated rings. The molecule has 3 aromatic rings. The molecule has 1 aromatic heterocycles. The Bertz CT molecular complexity index is 875. The van der Waals surface area contributed by atoms with Crippen molar-refractivity contribution in [2.75, 3.05) is 0 Å². The van der Waals surface area contributed by atoms with Crippen molar-refractivity contribution in [3.8, 4) is 0 Å². The van der Waals surface area contributed by atoms with Gasteiger partial charge in [0.05, 0.1) is 16.2 Å². The van der Waals surface area contributed by atoms with Crippen LogP contribution in [0.4, 0.5) is 0 Å². The molecule has 0 radical (unpaired) electrons. The molecule has 0 bridgehead atoms. The minimum atomic E-state index is 0.772. The molecule has 1 heterocycles. The van der Waals surface area contributed by atoms with Gasteiger partial charge in [-0.3, -0.25) is 9.78 Å². The monoisotopic (exact) mass is 365 g/mol. The van der Waals surface area contributed by atoms with Crippen molar-refractivity contribution in [3.05, 3.63) is 76.4 Å². The van der Waals surface area contributed by atoms with Gasteiger partial charge in [-0.25, -0.2) is 0 Å². The zero-order valence-corrected chi connectivity index (χ0v) is 15.7. The van der Waals surface area contributed by atoms with Crippen LogP contribution < -0.4 is 0 Å². The molecular formula is C23H24ClNO. The molecule has 0 spiro atoms. The van der Waals surface area contributed by atoms with Gasteiger partial charge in [0.15, 0.2) is 0 Å². The number of aldehydes is 1.